The number of rotatable bonds is 3. The first-order valence-corrected chi connectivity index (χ1v) is 6.13. The van der Waals surface area contributed by atoms with Crippen molar-refractivity contribution in [1.82, 2.24) is 14.7 Å². The van der Waals surface area contributed by atoms with Crippen molar-refractivity contribution in [2.24, 2.45) is 7.05 Å². The Balaban J connectivity index is 2.10. The second kappa shape index (κ2) is 5.27. The van der Waals surface area contributed by atoms with E-state index in [2.05, 4.69) is 25.9 Å². The Labute approximate surface area is 103 Å². The number of aliphatic hydroxyl groups is 1. The van der Waals surface area contributed by atoms with E-state index in [1.165, 1.54) is 0 Å². The van der Waals surface area contributed by atoms with Crippen LogP contribution in [0.15, 0.2) is 4.47 Å². The first-order valence-electron chi connectivity index (χ1n) is 5.33. The smallest absolute Gasteiger partial charge is 0.102 e. The normalized spacial score (nSPS) is 17.9. The first kappa shape index (κ1) is 12.0. The molecule has 5 nitrogen and oxygen atoms in total. The number of halogens is 1. The van der Waals surface area contributed by atoms with E-state index in [9.17, 15) is 0 Å². The number of hydrogen-bond donors (Lipinski definition) is 1. The maximum atomic E-state index is 9.12. The zero-order valence-corrected chi connectivity index (χ0v) is 10.9. The molecular weight excluding hydrogens is 274 g/mol. The van der Waals surface area contributed by atoms with E-state index in [-0.39, 0.29) is 6.61 Å². The number of aliphatic hydroxyl groups excluding tert-OH is 1. The number of morpholine rings is 1. The lowest BCUT2D eigenvalue weighted by Crippen LogP contribution is -2.36. The SMILES string of the molecule is Cn1nc(CO)c(Br)c1CN1CCOCC1. The lowest BCUT2D eigenvalue weighted by molar-refractivity contribution is 0.0330. The number of hydrogen-bond acceptors (Lipinski definition) is 4. The van der Waals surface area contributed by atoms with Crippen molar-refractivity contribution in [3.63, 3.8) is 0 Å². The van der Waals surface area contributed by atoms with Crippen molar-refractivity contribution >= 4 is 15.9 Å². The Morgan fingerprint density at radius 1 is 1.44 bits per heavy atom. The van der Waals surface area contributed by atoms with Gasteiger partial charge in [-0.05, 0) is 15.9 Å². The average Bonchev–Trinajstić information content (AvgIpc) is 2.58. The van der Waals surface area contributed by atoms with E-state index in [4.69, 9.17) is 9.84 Å². The van der Waals surface area contributed by atoms with Gasteiger partial charge in [-0.25, -0.2) is 0 Å². The molecule has 0 aliphatic carbocycles. The van der Waals surface area contributed by atoms with Gasteiger partial charge in [0.2, 0.25) is 0 Å². The Hall–Kier alpha value is -0.430. The van der Waals surface area contributed by atoms with Crippen LogP contribution in [0.3, 0.4) is 0 Å². The van der Waals surface area contributed by atoms with Crippen LogP contribution in [0.1, 0.15) is 11.4 Å². The van der Waals surface area contributed by atoms with Crippen LogP contribution >= 0.6 is 15.9 Å². The molecule has 0 aromatic carbocycles. The van der Waals surface area contributed by atoms with E-state index in [0.29, 0.717) is 5.69 Å². The first-order chi connectivity index (χ1) is 7.72. The predicted molar refractivity (Wildman–Crippen MR) is 62.9 cm³/mol. The van der Waals surface area contributed by atoms with Crippen molar-refractivity contribution in [3.05, 3.63) is 15.9 Å². The summed E-state index contributed by atoms with van der Waals surface area (Å²) in [5, 5.41) is 13.4. The molecule has 16 heavy (non-hydrogen) atoms. The highest BCUT2D eigenvalue weighted by molar-refractivity contribution is 9.10. The summed E-state index contributed by atoms with van der Waals surface area (Å²) in [5.41, 5.74) is 1.80. The summed E-state index contributed by atoms with van der Waals surface area (Å²) in [6.07, 6.45) is 0. The largest absolute Gasteiger partial charge is 0.390 e. The Bertz CT molecular complexity index is 361. The van der Waals surface area contributed by atoms with Crippen molar-refractivity contribution in [3.8, 4) is 0 Å². The molecule has 1 aromatic heterocycles. The van der Waals surface area contributed by atoms with Gasteiger partial charge in [0, 0.05) is 26.7 Å². The van der Waals surface area contributed by atoms with Gasteiger partial charge in [-0.3, -0.25) is 9.58 Å². The highest BCUT2D eigenvalue weighted by Gasteiger charge is 2.17. The van der Waals surface area contributed by atoms with Gasteiger partial charge in [-0.2, -0.15) is 5.10 Å². The summed E-state index contributed by atoms with van der Waals surface area (Å²) in [5.74, 6) is 0. The third kappa shape index (κ3) is 2.45. The molecule has 1 aliphatic heterocycles. The number of ether oxygens (including phenoxy) is 1. The maximum Gasteiger partial charge on any atom is 0.102 e. The van der Waals surface area contributed by atoms with Crippen LogP contribution in [-0.2, 0) is 24.9 Å². The Morgan fingerprint density at radius 3 is 2.69 bits per heavy atom. The molecule has 1 N–H and O–H groups in total. The quantitative estimate of drug-likeness (QED) is 0.881. The summed E-state index contributed by atoms with van der Waals surface area (Å²) in [6.45, 7) is 4.30. The van der Waals surface area contributed by atoms with Gasteiger partial charge < -0.3 is 9.84 Å². The molecular formula is C10H16BrN3O2. The fourth-order valence-corrected chi connectivity index (χ4v) is 2.42. The summed E-state index contributed by atoms with van der Waals surface area (Å²) in [7, 11) is 1.90. The van der Waals surface area contributed by atoms with Gasteiger partial charge in [0.15, 0.2) is 0 Å². The van der Waals surface area contributed by atoms with Crippen molar-refractivity contribution < 1.29 is 9.84 Å². The minimum absolute atomic E-state index is 0.0302. The highest BCUT2D eigenvalue weighted by Crippen LogP contribution is 2.22. The fraction of sp³-hybridized carbons (Fsp3) is 0.700. The molecule has 6 heteroatoms. The predicted octanol–water partition coefficient (Wildman–Crippen LogP) is 0.507. The molecule has 1 aliphatic rings. The molecule has 1 fully saturated rings. The second-order valence-electron chi connectivity index (χ2n) is 3.88. The molecule has 0 unspecified atom stereocenters. The minimum atomic E-state index is -0.0302. The zero-order chi connectivity index (χ0) is 11.5. The summed E-state index contributed by atoms with van der Waals surface area (Å²) in [4.78, 5) is 2.33. The number of nitrogens with zero attached hydrogens (tertiary/aromatic N) is 3. The van der Waals surface area contributed by atoms with Gasteiger partial charge in [-0.15, -0.1) is 0 Å². The molecule has 1 aromatic rings. The van der Waals surface area contributed by atoms with Crippen LogP contribution in [-0.4, -0.2) is 46.1 Å². The fourth-order valence-electron chi connectivity index (χ4n) is 1.84. The van der Waals surface area contributed by atoms with Crippen LogP contribution in [0.5, 0.6) is 0 Å². The van der Waals surface area contributed by atoms with E-state index in [0.717, 1.165) is 43.0 Å². The van der Waals surface area contributed by atoms with E-state index in [1.54, 1.807) is 0 Å². The molecule has 0 saturated carbocycles. The van der Waals surface area contributed by atoms with Crippen molar-refractivity contribution in [2.75, 3.05) is 26.3 Å². The number of aromatic nitrogens is 2. The molecule has 90 valence electrons. The highest BCUT2D eigenvalue weighted by atomic mass is 79.9. The standard InChI is InChI=1S/C10H16BrN3O2/c1-13-9(10(11)8(7-15)12-13)6-14-2-4-16-5-3-14/h15H,2-7H2,1H3. The Kier molecular flexibility index (Phi) is 3.96. The van der Waals surface area contributed by atoms with Gasteiger partial charge in [0.1, 0.15) is 5.69 Å². The third-order valence-electron chi connectivity index (χ3n) is 2.79. The van der Waals surface area contributed by atoms with Crippen molar-refractivity contribution in [1.29, 1.82) is 0 Å². The number of aryl methyl sites for hydroxylation is 1. The molecule has 0 bridgehead atoms. The molecule has 0 radical (unpaired) electrons. The molecule has 1 saturated heterocycles. The average molecular weight is 290 g/mol. The van der Waals surface area contributed by atoms with E-state index < -0.39 is 0 Å². The topological polar surface area (TPSA) is 50.5 Å². The Morgan fingerprint density at radius 2 is 2.12 bits per heavy atom. The maximum absolute atomic E-state index is 9.12. The minimum Gasteiger partial charge on any atom is -0.390 e. The monoisotopic (exact) mass is 289 g/mol. The van der Waals surface area contributed by atoms with Crippen LogP contribution in [0.4, 0.5) is 0 Å². The molecule has 0 atom stereocenters. The lowest BCUT2D eigenvalue weighted by Gasteiger charge is -2.26. The second-order valence-corrected chi connectivity index (χ2v) is 4.67. The molecule has 0 amide bonds. The van der Waals surface area contributed by atoms with Crippen LogP contribution in [0, 0.1) is 0 Å². The molecule has 2 heterocycles. The molecule has 2 rings (SSSR count). The summed E-state index contributed by atoms with van der Waals surface area (Å²) < 4.78 is 8.05. The zero-order valence-electron chi connectivity index (χ0n) is 9.32. The molecule has 0 spiro atoms. The lowest BCUT2D eigenvalue weighted by atomic mass is 10.3. The van der Waals surface area contributed by atoms with Gasteiger partial charge in [-0.1, -0.05) is 0 Å². The van der Waals surface area contributed by atoms with Crippen LogP contribution < -0.4 is 0 Å². The third-order valence-corrected chi connectivity index (χ3v) is 3.71. The van der Waals surface area contributed by atoms with Gasteiger partial charge in [0.05, 0.1) is 30.0 Å². The van der Waals surface area contributed by atoms with Gasteiger partial charge >= 0.3 is 0 Å². The van der Waals surface area contributed by atoms with E-state index >= 15 is 0 Å². The van der Waals surface area contributed by atoms with Gasteiger partial charge in [0.25, 0.3) is 0 Å². The van der Waals surface area contributed by atoms with Crippen LogP contribution in [0.25, 0.3) is 0 Å². The van der Waals surface area contributed by atoms with Crippen LogP contribution in [0.2, 0.25) is 0 Å². The summed E-state index contributed by atoms with van der Waals surface area (Å²) >= 11 is 3.49. The van der Waals surface area contributed by atoms with Crippen molar-refractivity contribution in [2.45, 2.75) is 13.2 Å². The van der Waals surface area contributed by atoms with E-state index in [1.807, 2.05) is 11.7 Å². The summed E-state index contributed by atoms with van der Waals surface area (Å²) in [6, 6.07) is 0.